The summed E-state index contributed by atoms with van der Waals surface area (Å²) < 4.78 is 28.7. The van der Waals surface area contributed by atoms with Gasteiger partial charge < -0.3 is 15.4 Å². The van der Waals surface area contributed by atoms with Crippen LogP contribution in [-0.4, -0.2) is 50.3 Å². The molecule has 174 valence electrons. The quantitative estimate of drug-likeness (QED) is 0.517. The SMILES string of the molecule is COc1ccc2c(c1)/C(=C/C(=O)c1cccc(C(=O)NC3CCS(=O)(=O)C3)c1)NC(C)(C)C2. The number of carbonyl (C=O) groups excluding carboxylic acids is 2. The zero-order valence-corrected chi connectivity index (χ0v) is 19.8. The maximum atomic E-state index is 13.1. The molecular formula is C25H28N2O5S. The first-order chi connectivity index (χ1) is 15.5. The van der Waals surface area contributed by atoms with Gasteiger partial charge in [0.25, 0.3) is 5.91 Å². The second kappa shape index (κ2) is 8.67. The van der Waals surface area contributed by atoms with Crippen LogP contribution in [0.3, 0.4) is 0 Å². The summed E-state index contributed by atoms with van der Waals surface area (Å²) in [6.45, 7) is 4.15. The van der Waals surface area contributed by atoms with Crippen molar-refractivity contribution in [3.63, 3.8) is 0 Å². The van der Waals surface area contributed by atoms with Gasteiger partial charge in [-0.25, -0.2) is 8.42 Å². The van der Waals surface area contributed by atoms with Gasteiger partial charge in [0.1, 0.15) is 5.75 Å². The lowest BCUT2D eigenvalue weighted by Crippen LogP contribution is -2.43. The van der Waals surface area contributed by atoms with Crippen LogP contribution in [-0.2, 0) is 16.3 Å². The van der Waals surface area contributed by atoms with Crippen LogP contribution in [0.2, 0.25) is 0 Å². The van der Waals surface area contributed by atoms with Crippen LogP contribution in [0.15, 0.2) is 48.5 Å². The van der Waals surface area contributed by atoms with Crippen molar-refractivity contribution in [2.24, 2.45) is 0 Å². The Kier molecular flexibility index (Phi) is 6.05. The van der Waals surface area contributed by atoms with Crippen LogP contribution >= 0.6 is 0 Å². The maximum absolute atomic E-state index is 13.1. The monoisotopic (exact) mass is 468 g/mol. The van der Waals surface area contributed by atoms with Crippen molar-refractivity contribution in [3.05, 3.63) is 70.8 Å². The molecule has 0 saturated carbocycles. The molecule has 8 heteroatoms. The molecular weight excluding hydrogens is 440 g/mol. The number of hydrogen-bond donors (Lipinski definition) is 2. The van der Waals surface area contributed by atoms with Crippen LogP contribution in [0.25, 0.3) is 5.70 Å². The molecule has 1 saturated heterocycles. The first kappa shape index (κ1) is 23.0. The molecule has 0 spiro atoms. The fourth-order valence-electron chi connectivity index (χ4n) is 4.36. The number of hydrogen-bond acceptors (Lipinski definition) is 6. The Hall–Kier alpha value is -3.13. The Morgan fingerprint density at radius 3 is 2.61 bits per heavy atom. The molecule has 1 fully saturated rings. The standard InChI is InChI=1S/C25H28N2O5S/c1-25(2)14-18-7-8-20(32-3)12-21(18)22(27-25)13-23(28)16-5-4-6-17(11-16)24(29)26-19-9-10-33(30,31)15-19/h4-8,11-13,19,27H,9-10,14-15H2,1-3H3,(H,26,29)/b22-13-. The van der Waals surface area contributed by atoms with Gasteiger partial charge in [-0.15, -0.1) is 0 Å². The number of nitrogens with one attached hydrogen (secondary N) is 2. The summed E-state index contributed by atoms with van der Waals surface area (Å²) in [7, 11) is -1.49. The molecule has 2 aliphatic heterocycles. The molecule has 0 aliphatic carbocycles. The topological polar surface area (TPSA) is 102 Å². The second-order valence-electron chi connectivity index (χ2n) is 9.29. The van der Waals surface area contributed by atoms with Crippen LogP contribution in [0.4, 0.5) is 0 Å². The summed E-state index contributed by atoms with van der Waals surface area (Å²) in [4.78, 5) is 25.8. The summed E-state index contributed by atoms with van der Waals surface area (Å²) >= 11 is 0. The predicted molar refractivity (Wildman–Crippen MR) is 127 cm³/mol. The minimum Gasteiger partial charge on any atom is -0.497 e. The summed E-state index contributed by atoms with van der Waals surface area (Å²) in [6.07, 6.45) is 2.77. The van der Waals surface area contributed by atoms with Gasteiger partial charge in [0.05, 0.1) is 18.6 Å². The molecule has 2 heterocycles. The number of sulfone groups is 1. The Bertz CT molecular complexity index is 1250. The Labute approximate surface area is 194 Å². The van der Waals surface area contributed by atoms with Gasteiger partial charge in [-0.2, -0.15) is 0 Å². The maximum Gasteiger partial charge on any atom is 0.251 e. The van der Waals surface area contributed by atoms with Crippen molar-refractivity contribution >= 4 is 27.2 Å². The summed E-state index contributed by atoms with van der Waals surface area (Å²) in [5.74, 6) is 0.127. The normalized spacial score (nSPS) is 21.7. The number of amides is 1. The highest BCUT2D eigenvalue weighted by molar-refractivity contribution is 7.91. The van der Waals surface area contributed by atoms with Crippen LogP contribution in [0, 0.1) is 0 Å². The predicted octanol–water partition coefficient (Wildman–Crippen LogP) is 2.76. The van der Waals surface area contributed by atoms with Gasteiger partial charge in [0, 0.05) is 40.0 Å². The van der Waals surface area contributed by atoms with Crippen LogP contribution < -0.4 is 15.4 Å². The van der Waals surface area contributed by atoms with Crippen molar-refractivity contribution < 1.29 is 22.7 Å². The average molecular weight is 469 g/mol. The minimum atomic E-state index is -3.09. The van der Waals surface area contributed by atoms with Crippen molar-refractivity contribution in [1.82, 2.24) is 10.6 Å². The molecule has 2 aliphatic rings. The van der Waals surface area contributed by atoms with Gasteiger partial charge in [-0.3, -0.25) is 9.59 Å². The van der Waals surface area contributed by atoms with E-state index in [4.69, 9.17) is 4.74 Å². The van der Waals surface area contributed by atoms with E-state index in [0.29, 0.717) is 29.0 Å². The molecule has 0 bridgehead atoms. The van der Waals surface area contributed by atoms with Crippen molar-refractivity contribution in [1.29, 1.82) is 0 Å². The Morgan fingerprint density at radius 1 is 1.15 bits per heavy atom. The van der Waals surface area contributed by atoms with Crippen molar-refractivity contribution in [2.45, 2.75) is 38.3 Å². The highest BCUT2D eigenvalue weighted by atomic mass is 32.2. The van der Waals surface area contributed by atoms with E-state index in [-0.39, 0.29) is 28.7 Å². The van der Waals surface area contributed by atoms with E-state index in [0.717, 1.165) is 17.5 Å². The van der Waals surface area contributed by atoms with E-state index in [2.05, 4.69) is 24.5 Å². The largest absolute Gasteiger partial charge is 0.497 e. The molecule has 2 N–H and O–H groups in total. The number of benzene rings is 2. The smallest absolute Gasteiger partial charge is 0.251 e. The van der Waals surface area contributed by atoms with E-state index in [1.54, 1.807) is 37.5 Å². The molecule has 1 unspecified atom stereocenters. The number of ether oxygens (including phenoxy) is 1. The van der Waals surface area contributed by atoms with Gasteiger partial charge in [0.15, 0.2) is 15.6 Å². The molecule has 4 rings (SSSR count). The third kappa shape index (κ3) is 5.27. The number of ketones is 1. The van der Waals surface area contributed by atoms with E-state index < -0.39 is 15.9 Å². The molecule has 0 aromatic heterocycles. The summed E-state index contributed by atoms with van der Waals surface area (Å²) in [5.41, 5.74) is 3.22. The number of methoxy groups -OCH3 is 1. The van der Waals surface area contributed by atoms with E-state index in [9.17, 15) is 18.0 Å². The average Bonchev–Trinajstić information content (AvgIpc) is 3.10. The fourth-order valence-corrected chi connectivity index (χ4v) is 6.03. The Balaban J connectivity index is 1.58. The molecule has 33 heavy (non-hydrogen) atoms. The first-order valence-corrected chi connectivity index (χ1v) is 12.7. The Morgan fingerprint density at radius 2 is 1.91 bits per heavy atom. The third-order valence-corrected chi connectivity index (χ3v) is 7.73. The zero-order valence-electron chi connectivity index (χ0n) is 19.0. The number of allylic oxidation sites excluding steroid dienone is 1. The van der Waals surface area contributed by atoms with Gasteiger partial charge in [-0.05, 0) is 56.5 Å². The van der Waals surface area contributed by atoms with Crippen LogP contribution in [0.1, 0.15) is 52.1 Å². The minimum absolute atomic E-state index is 0.0478. The van der Waals surface area contributed by atoms with Gasteiger partial charge in [-0.1, -0.05) is 18.2 Å². The highest BCUT2D eigenvalue weighted by Gasteiger charge is 2.30. The van der Waals surface area contributed by atoms with Gasteiger partial charge in [0.2, 0.25) is 0 Å². The molecule has 1 atom stereocenters. The first-order valence-electron chi connectivity index (χ1n) is 10.9. The summed E-state index contributed by atoms with van der Waals surface area (Å²) in [6, 6.07) is 11.9. The number of fused-ring (bicyclic) bond motifs is 1. The summed E-state index contributed by atoms with van der Waals surface area (Å²) in [5, 5.41) is 6.21. The van der Waals surface area contributed by atoms with Crippen LogP contribution in [0.5, 0.6) is 5.75 Å². The molecule has 1 amide bonds. The third-order valence-electron chi connectivity index (χ3n) is 5.97. The molecule has 0 radical (unpaired) electrons. The highest BCUT2D eigenvalue weighted by Crippen LogP contribution is 2.32. The lowest BCUT2D eigenvalue weighted by atomic mass is 9.85. The molecule has 7 nitrogen and oxygen atoms in total. The lowest BCUT2D eigenvalue weighted by Gasteiger charge is -2.35. The second-order valence-corrected chi connectivity index (χ2v) is 11.5. The lowest BCUT2D eigenvalue weighted by molar-refractivity contribution is 0.0941. The van der Waals surface area contributed by atoms with E-state index >= 15 is 0 Å². The van der Waals surface area contributed by atoms with E-state index in [1.165, 1.54) is 0 Å². The van der Waals surface area contributed by atoms with Crippen molar-refractivity contribution in [3.8, 4) is 5.75 Å². The zero-order chi connectivity index (χ0) is 23.8. The molecule has 2 aromatic rings. The van der Waals surface area contributed by atoms with Gasteiger partial charge >= 0.3 is 0 Å². The fraction of sp³-hybridized carbons (Fsp3) is 0.360. The number of rotatable bonds is 5. The number of carbonyl (C=O) groups is 2. The van der Waals surface area contributed by atoms with E-state index in [1.807, 2.05) is 18.2 Å². The van der Waals surface area contributed by atoms with Crippen molar-refractivity contribution in [2.75, 3.05) is 18.6 Å². The molecule has 2 aromatic carbocycles.